The first-order valence-electron chi connectivity index (χ1n) is 8.20. The number of fused-ring (bicyclic) bond motifs is 1. The Hall–Kier alpha value is -2.85. The van der Waals surface area contributed by atoms with E-state index in [1.54, 1.807) is 24.4 Å². The van der Waals surface area contributed by atoms with Gasteiger partial charge >= 0.3 is 0 Å². The molecule has 0 amide bonds. The van der Waals surface area contributed by atoms with Gasteiger partial charge in [0, 0.05) is 23.7 Å². The summed E-state index contributed by atoms with van der Waals surface area (Å²) in [6.45, 7) is 6.12. The first-order valence-corrected chi connectivity index (χ1v) is 8.20. The van der Waals surface area contributed by atoms with Gasteiger partial charge in [-0.05, 0) is 54.3 Å². The van der Waals surface area contributed by atoms with Crippen molar-refractivity contribution < 1.29 is 10.2 Å². The lowest BCUT2D eigenvalue weighted by atomic mass is 10.0. The van der Waals surface area contributed by atoms with Gasteiger partial charge in [-0.25, -0.2) is 0 Å². The van der Waals surface area contributed by atoms with E-state index in [1.165, 1.54) is 0 Å². The summed E-state index contributed by atoms with van der Waals surface area (Å²) in [7, 11) is 0. The first kappa shape index (κ1) is 17.0. The lowest BCUT2D eigenvalue weighted by Gasteiger charge is -2.13. The molecule has 4 heteroatoms. The Bertz CT molecular complexity index is 1000. The van der Waals surface area contributed by atoms with Gasteiger partial charge in [0.1, 0.15) is 5.75 Å². The molecule has 4 nitrogen and oxygen atoms in total. The Kier molecular flexibility index (Phi) is 4.72. The number of pyridine rings is 1. The highest BCUT2D eigenvalue weighted by atomic mass is 16.3. The van der Waals surface area contributed by atoms with Crippen LogP contribution in [0, 0.1) is 0 Å². The van der Waals surface area contributed by atoms with Gasteiger partial charge in [0.25, 0.3) is 0 Å². The molecular weight excluding hydrogens is 314 g/mol. The van der Waals surface area contributed by atoms with Crippen molar-refractivity contribution in [3.63, 3.8) is 0 Å². The van der Waals surface area contributed by atoms with E-state index >= 15 is 0 Å². The Morgan fingerprint density at radius 1 is 1.16 bits per heavy atom. The molecule has 25 heavy (non-hydrogen) atoms. The highest BCUT2D eigenvalue weighted by Crippen LogP contribution is 2.20. The van der Waals surface area contributed by atoms with Gasteiger partial charge in [-0.2, -0.15) is 0 Å². The summed E-state index contributed by atoms with van der Waals surface area (Å²) in [6.07, 6.45) is 2.39. The van der Waals surface area contributed by atoms with Gasteiger partial charge in [0.2, 0.25) is 0 Å². The lowest BCUT2D eigenvalue weighted by molar-refractivity contribution is 0.278. The Labute approximate surface area is 146 Å². The minimum atomic E-state index is -0.0468. The Morgan fingerprint density at radius 3 is 2.60 bits per heavy atom. The second kappa shape index (κ2) is 6.95. The maximum Gasteiger partial charge on any atom is 0.196 e. The van der Waals surface area contributed by atoms with Crippen molar-refractivity contribution in [1.82, 2.24) is 4.57 Å². The maximum atomic E-state index is 12.8. The second-order valence-electron chi connectivity index (χ2n) is 6.27. The van der Waals surface area contributed by atoms with Gasteiger partial charge in [-0.15, -0.1) is 0 Å². The number of aromatic hydroxyl groups is 1. The zero-order valence-electron chi connectivity index (χ0n) is 14.2. The van der Waals surface area contributed by atoms with Gasteiger partial charge < -0.3 is 14.8 Å². The van der Waals surface area contributed by atoms with Crippen LogP contribution in [0.1, 0.15) is 23.6 Å². The topological polar surface area (TPSA) is 62.5 Å². The molecule has 3 rings (SSSR count). The van der Waals surface area contributed by atoms with Gasteiger partial charge in [0.05, 0.1) is 12.1 Å². The number of nitrogens with zero attached hydrogens (tertiary/aromatic N) is 1. The first-order chi connectivity index (χ1) is 12.0. The van der Waals surface area contributed by atoms with Crippen LogP contribution in [0.2, 0.25) is 0 Å². The number of benzene rings is 2. The molecule has 0 saturated heterocycles. The predicted octanol–water partition coefficient (Wildman–Crippen LogP) is 3.32. The van der Waals surface area contributed by atoms with Gasteiger partial charge in [0.15, 0.2) is 5.43 Å². The average molecular weight is 335 g/mol. The summed E-state index contributed by atoms with van der Waals surface area (Å²) in [5, 5.41) is 19.5. The number of aliphatic hydroxyl groups excluding tert-OH is 1. The third-order valence-corrected chi connectivity index (χ3v) is 4.26. The van der Waals surface area contributed by atoms with E-state index in [9.17, 15) is 15.0 Å². The molecule has 1 heterocycles. The maximum absolute atomic E-state index is 12.8. The average Bonchev–Trinajstić information content (AvgIpc) is 2.57. The monoisotopic (exact) mass is 335 g/mol. The molecule has 0 atom stereocenters. The zero-order valence-corrected chi connectivity index (χ0v) is 14.2. The summed E-state index contributed by atoms with van der Waals surface area (Å²) in [5.74, 6) is 0.230. The molecule has 0 fully saturated rings. The molecule has 0 aliphatic heterocycles. The quantitative estimate of drug-likeness (QED) is 0.752. The lowest BCUT2D eigenvalue weighted by Crippen LogP contribution is -2.15. The van der Waals surface area contributed by atoms with Crippen LogP contribution in [0.3, 0.4) is 0 Å². The number of hydrogen-bond acceptors (Lipinski definition) is 3. The number of hydrogen-bond donors (Lipinski definition) is 2. The molecule has 1 aromatic heterocycles. The Morgan fingerprint density at radius 2 is 1.92 bits per heavy atom. The molecule has 2 aromatic carbocycles. The van der Waals surface area contributed by atoms with Crippen LogP contribution in [0.5, 0.6) is 5.75 Å². The summed E-state index contributed by atoms with van der Waals surface area (Å²) < 4.78 is 1.89. The smallest absolute Gasteiger partial charge is 0.196 e. The zero-order chi connectivity index (χ0) is 18.0. The fraction of sp³-hybridized carbons (Fsp3) is 0.190. The fourth-order valence-corrected chi connectivity index (χ4v) is 3.05. The molecule has 0 aliphatic carbocycles. The van der Waals surface area contributed by atoms with E-state index in [4.69, 9.17) is 0 Å². The van der Waals surface area contributed by atoms with Crippen LogP contribution in [0.25, 0.3) is 16.5 Å². The number of phenols is 1. The number of aromatic nitrogens is 1. The molecule has 128 valence electrons. The molecular formula is C21H21NO3. The molecule has 0 unspecified atom stereocenters. The number of aliphatic hydroxyl groups is 1. The van der Waals surface area contributed by atoms with E-state index in [-0.39, 0.29) is 17.8 Å². The fourth-order valence-electron chi connectivity index (χ4n) is 3.05. The van der Waals surface area contributed by atoms with Crippen LogP contribution < -0.4 is 5.43 Å². The molecule has 0 saturated carbocycles. The van der Waals surface area contributed by atoms with Crippen molar-refractivity contribution in [2.24, 2.45) is 0 Å². The third-order valence-electron chi connectivity index (χ3n) is 4.26. The van der Waals surface area contributed by atoms with E-state index in [1.807, 2.05) is 35.8 Å². The highest BCUT2D eigenvalue weighted by molar-refractivity contribution is 5.83. The van der Waals surface area contributed by atoms with Crippen LogP contribution in [0.15, 0.2) is 60.0 Å². The second-order valence-corrected chi connectivity index (χ2v) is 6.27. The van der Waals surface area contributed by atoms with Crippen LogP contribution >= 0.6 is 0 Å². The van der Waals surface area contributed by atoms with Crippen molar-refractivity contribution in [2.45, 2.75) is 19.9 Å². The number of phenolic OH excluding ortho intramolecular Hbond substituents is 1. The molecule has 3 aromatic rings. The minimum absolute atomic E-state index is 0.00134. The minimum Gasteiger partial charge on any atom is -0.508 e. The van der Waals surface area contributed by atoms with Crippen molar-refractivity contribution >= 4 is 16.5 Å². The molecule has 0 spiro atoms. The van der Waals surface area contributed by atoms with E-state index < -0.39 is 0 Å². The molecule has 0 aliphatic rings. The van der Waals surface area contributed by atoms with E-state index in [0.29, 0.717) is 29.5 Å². The van der Waals surface area contributed by atoms with E-state index in [0.717, 1.165) is 16.6 Å². The predicted molar refractivity (Wildman–Crippen MR) is 101 cm³/mol. The van der Waals surface area contributed by atoms with Crippen LogP contribution in [-0.2, 0) is 13.0 Å². The summed E-state index contributed by atoms with van der Waals surface area (Å²) in [5.41, 5.74) is 3.99. The number of allylic oxidation sites excluding steroid dienone is 1. The number of rotatable bonds is 5. The summed E-state index contributed by atoms with van der Waals surface area (Å²) >= 11 is 0. The van der Waals surface area contributed by atoms with Crippen molar-refractivity contribution in [3.8, 4) is 5.75 Å². The summed E-state index contributed by atoms with van der Waals surface area (Å²) in [6, 6.07) is 12.9. The van der Waals surface area contributed by atoms with Crippen LogP contribution in [-0.4, -0.2) is 21.4 Å². The third kappa shape index (κ3) is 3.49. The summed E-state index contributed by atoms with van der Waals surface area (Å²) in [4.78, 5) is 12.8. The normalized spacial score (nSPS) is 11.0. The largest absolute Gasteiger partial charge is 0.508 e. The van der Waals surface area contributed by atoms with E-state index in [2.05, 4.69) is 6.58 Å². The Balaban J connectivity index is 2.13. The van der Waals surface area contributed by atoms with Crippen molar-refractivity contribution in [1.29, 1.82) is 0 Å². The molecule has 0 bridgehead atoms. The SMILES string of the molecule is C=C(C)c1cn(CCO)c2ccc(Cc3cccc(O)c3)cc2c1=O. The molecule has 0 radical (unpaired) electrons. The van der Waals surface area contributed by atoms with Gasteiger partial charge in [-0.1, -0.05) is 24.8 Å². The standard InChI is InChI=1S/C21H21NO3/c1-14(2)19-13-22(8-9-23)20-7-6-16(12-18(20)21(19)25)10-15-4-3-5-17(24)11-15/h3-7,11-13,23-24H,1,8-10H2,2H3. The highest BCUT2D eigenvalue weighted by Gasteiger charge is 2.11. The van der Waals surface area contributed by atoms with Crippen molar-refractivity contribution in [2.75, 3.05) is 6.61 Å². The van der Waals surface area contributed by atoms with Gasteiger partial charge in [-0.3, -0.25) is 4.79 Å². The molecule has 2 N–H and O–H groups in total. The van der Waals surface area contributed by atoms with Crippen molar-refractivity contribution in [3.05, 3.63) is 82.2 Å². The van der Waals surface area contributed by atoms with Crippen LogP contribution in [0.4, 0.5) is 0 Å².